The first-order chi connectivity index (χ1) is 22.0. The van der Waals surface area contributed by atoms with Crippen molar-refractivity contribution in [3.8, 4) is 5.75 Å². The summed E-state index contributed by atoms with van der Waals surface area (Å²) in [6.45, 7) is 6.10. The van der Waals surface area contributed by atoms with E-state index < -0.39 is 26.8 Å². The Balaban J connectivity index is 1.46. The van der Waals surface area contributed by atoms with E-state index in [2.05, 4.69) is 33.9 Å². The summed E-state index contributed by atoms with van der Waals surface area (Å²) in [4.78, 5) is 15.9. The van der Waals surface area contributed by atoms with Crippen LogP contribution in [0.25, 0.3) is 0 Å². The highest BCUT2D eigenvalue weighted by atomic mass is 35.5. The Kier molecular flexibility index (Phi) is 9.51. The van der Waals surface area contributed by atoms with Crippen molar-refractivity contribution in [2.75, 3.05) is 45.4 Å². The lowest BCUT2D eigenvalue weighted by Gasteiger charge is -2.50. The highest BCUT2D eigenvalue weighted by Gasteiger charge is 2.49. The summed E-state index contributed by atoms with van der Waals surface area (Å²) in [5, 5.41) is -0.0351. The monoisotopic (exact) mass is 670 g/mol. The second kappa shape index (κ2) is 13.1. The van der Waals surface area contributed by atoms with E-state index in [1.807, 2.05) is 25.1 Å². The minimum Gasteiger partial charge on any atom is -0.490 e. The normalized spacial score (nSPS) is 33.1. The number of hydrogen-bond donors (Lipinski definition) is 1. The van der Waals surface area contributed by atoms with Crippen molar-refractivity contribution in [3.05, 3.63) is 70.3 Å². The van der Waals surface area contributed by atoms with Gasteiger partial charge in [-0.05, 0) is 105 Å². The van der Waals surface area contributed by atoms with Gasteiger partial charge in [0.15, 0.2) is 0 Å². The van der Waals surface area contributed by atoms with Crippen LogP contribution in [0.1, 0.15) is 73.9 Å². The van der Waals surface area contributed by atoms with Crippen molar-refractivity contribution < 1.29 is 27.4 Å². The second-order valence-electron chi connectivity index (χ2n) is 13.9. The maximum Gasteiger partial charge on any atom is 0.264 e. The van der Waals surface area contributed by atoms with Crippen LogP contribution in [0.3, 0.4) is 0 Å². The summed E-state index contributed by atoms with van der Waals surface area (Å²) < 4.78 is 47.7. The van der Waals surface area contributed by atoms with E-state index in [9.17, 15) is 13.2 Å². The van der Waals surface area contributed by atoms with E-state index >= 15 is 0 Å². The number of anilines is 1. The average Bonchev–Trinajstić information content (AvgIpc) is 3.17. The van der Waals surface area contributed by atoms with E-state index in [4.69, 9.17) is 25.8 Å². The fourth-order valence-corrected chi connectivity index (χ4v) is 9.68. The molecule has 0 aromatic heterocycles. The molecule has 0 radical (unpaired) electrons. The molecule has 1 amide bonds. The van der Waals surface area contributed by atoms with E-state index in [0.29, 0.717) is 49.8 Å². The lowest BCUT2D eigenvalue weighted by atomic mass is 9.63. The topological polar surface area (TPSA) is 94.2 Å². The van der Waals surface area contributed by atoms with Gasteiger partial charge in [-0.1, -0.05) is 36.7 Å². The standard InChI is InChI=1S/C36H47ClN2O6S/c1-24-7-5-16-36(44-4,17-18-43-3)31-12-9-28(31)21-39-22-35(15-6-8-26-19-29(37)11-13-30(26)35)23-45-33-14-10-27(20-32(33)39)34(40)38-46(41,42)25(24)2/h5,10-11,13-14,16,19-20,24-25,28,31H,6-9,12,15,17-18,21-23H2,1-4H3,(H,38,40)/b16-5+/t24-,25+,28-,31+,35-,36+/m0/s1. The highest BCUT2D eigenvalue weighted by Crippen LogP contribution is 2.49. The summed E-state index contributed by atoms with van der Waals surface area (Å²) in [6, 6.07) is 11.5. The molecule has 2 aromatic carbocycles. The zero-order valence-corrected chi connectivity index (χ0v) is 29.0. The Hall–Kier alpha value is -2.59. The summed E-state index contributed by atoms with van der Waals surface area (Å²) in [6.07, 6.45) is 10.5. The molecule has 0 unspecified atom stereocenters. The van der Waals surface area contributed by atoms with Gasteiger partial charge in [-0.3, -0.25) is 4.79 Å². The van der Waals surface area contributed by atoms with Crippen molar-refractivity contribution in [2.45, 2.75) is 75.1 Å². The van der Waals surface area contributed by atoms with Gasteiger partial charge in [-0.25, -0.2) is 13.1 Å². The molecule has 2 aromatic rings. The maximum atomic E-state index is 13.5. The number of nitrogens with zero attached hydrogens (tertiary/aromatic N) is 1. The number of carbonyl (C=O) groups is 1. The van der Waals surface area contributed by atoms with Crippen LogP contribution in [0.2, 0.25) is 5.02 Å². The molecule has 250 valence electrons. The lowest BCUT2D eigenvalue weighted by molar-refractivity contribution is -0.0887. The molecule has 1 saturated carbocycles. The van der Waals surface area contributed by atoms with Gasteiger partial charge in [0.1, 0.15) is 5.75 Å². The maximum absolute atomic E-state index is 13.5. The molecule has 2 aliphatic heterocycles. The zero-order chi connectivity index (χ0) is 32.7. The minimum absolute atomic E-state index is 0.219. The molecule has 1 N–H and O–H groups in total. The van der Waals surface area contributed by atoms with Crippen molar-refractivity contribution in [1.82, 2.24) is 4.72 Å². The number of fused-ring (bicyclic) bond motifs is 4. The van der Waals surface area contributed by atoms with Gasteiger partial charge < -0.3 is 19.1 Å². The predicted molar refractivity (Wildman–Crippen MR) is 181 cm³/mol. The SMILES string of the molecule is COCC[C@]1(OC)/C=C/C[C@H](C)[C@@H](C)S(=O)(=O)NC(=O)c2ccc3c(c2)N(C[C@@H]2CC[C@H]21)C[C@@]1(CCCc2cc(Cl)ccc21)CO3. The predicted octanol–water partition coefficient (Wildman–Crippen LogP) is 6.31. The number of sulfonamides is 1. The summed E-state index contributed by atoms with van der Waals surface area (Å²) in [7, 11) is -0.444. The Morgan fingerprint density at radius 3 is 2.70 bits per heavy atom. The fraction of sp³-hybridized carbons (Fsp3) is 0.583. The van der Waals surface area contributed by atoms with Gasteiger partial charge in [0.05, 0.1) is 23.1 Å². The first-order valence-corrected chi connectivity index (χ1v) is 18.5. The molecule has 0 saturated heterocycles. The van der Waals surface area contributed by atoms with Gasteiger partial charge in [0.25, 0.3) is 5.91 Å². The number of benzene rings is 2. The van der Waals surface area contributed by atoms with Crippen LogP contribution < -0.4 is 14.4 Å². The third kappa shape index (κ3) is 6.20. The minimum atomic E-state index is -3.93. The molecule has 6 atom stereocenters. The summed E-state index contributed by atoms with van der Waals surface area (Å²) >= 11 is 6.44. The van der Waals surface area contributed by atoms with Gasteiger partial charge in [0, 0.05) is 56.3 Å². The third-order valence-electron chi connectivity index (χ3n) is 11.3. The largest absolute Gasteiger partial charge is 0.490 e. The van der Waals surface area contributed by atoms with Crippen LogP contribution in [-0.2, 0) is 31.3 Å². The Morgan fingerprint density at radius 2 is 1.96 bits per heavy atom. The Bertz CT molecular complexity index is 1600. The number of methoxy groups -OCH3 is 2. The van der Waals surface area contributed by atoms with E-state index in [0.717, 1.165) is 49.4 Å². The van der Waals surface area contributed by atoms with Crippen LogP contribution in [0, 0.1) is 17.8 Å². The number of amides is 1. The molecule has 1 spiro atoms. The Morgan fingerprint density at radius 1 is 1.13 bits per heavy atom. The zero-order valence-electron chi connectivity index (χ0n) is 27.4. The quantitative estimate of drug-likeness (QED) is 0.382. The molecule has 2 bridgehead atoms. The molecule has 46 heavy (non-hydrogen) atoms. The van der Waals surface area contributed by atoms with Crippen LogP contribution >= 0.6 is 11.6 Å². The van der Waals surface area contributed by atoms with Crippen LogP contribution in [0.5, 0.6) is 5.75 Å². The second-order valence-corrected chi connectivity index (χ2v) is 16.4. The van der Waals surface area contributed by atoms with Crippen LogP contribution in [-0.4, -0.2) is 65.7 Å². The van der Waals surface area contributed by atoms with Crippen molar-refractivity contribution in [2.24, 2.45) is 17.8 Å². The highest BCUT2D eigenvalue weighted by molar-refractivity contribution is 7.90. The molecular formula is C36H47ClN2O6S. The molecule has 8 nitrogen and oxygen atoms in total. The average molecular weight is 671 g/mol. The number of aryl methyl sites for hydroxylation is 1. The molecule has 2 heterocycles. The van der Waals surface area contributed by atoms with Crippen molar-refractivity contribution >= 4 is 33.2 Å². The number of allylic oxidation sites excluding steroid dienone is 1. The molecule has 1 fully saturated rings. The van der Waals surface area contributed by atoms with E-state index in [1.54, 1.807) is 27.2 Å². The van der Waals surface area contributed by atoms with Gasteiger partial charge in [0.2, 0.25) is 10.0 Å². The summed E-state index contributed by atoms with van der Waals surface area (Å²) in [5.74, 6) is 0.443. The fourth-order valence-electron chi connectivity index (χ4n) is 8.21. The number of hydrogen-bond acceptors (Lipinski definition) is 7. The van der Waals surface area contributed by atoms with E-state index in [1.165, 1.54) is 11.1 Å². The molecule has 4 aliphatic rings. The molecule has 2 aliphatic carbocycles. The number of nitrogens with one attached hydrogen (secondary N) is 1. The number of rotatable bonds is 4. The Labute approximate surface area is 278 Å². The van der Waals surface area contributed by atoms with Crippen molar-refractivity contribution in [3.63, 3.8) is 0 Å². The lowest BCUT2D eigenvalue weighted by Crippen LogP contribution is -2.53. The van der Waals surface area contributed by atoms with Gasteiger partial charge >= 0.3 is 0 Å². The van der Waals surface area contributed by atoms with E-state index in [-0.39, 0.29) is 17.3 Å². The molecule has 10 heteroatoms. The van der Waals surface area contributed by atoms with Gasteiger partial charge in [-0.15, -0.1) is 0 Å². The number of ether oxygens (including phenoxy) is 3. The van der Waals surface area contributed by atoms with Crippen LogP contribution in [0.4, 0.5) is 5.69 Å². The summed E-state index contributed by atoms with van der Waals surface area (Å²) in [5.41, 5.74) is 2.85. The third-order valence-corrected chi connectivity index (χ3v) is 13.5. The molecule has 6 rings (SSSR count). The van der Waals surface area contributed by atoms with Crippen molar-refractivity contribution in [1.29, 1.82) is 0 Å². The van der Waals surface area contributed by atoms with Crippen LogP contribution in [0.15, 0.2) is 48.6 Å². The van der Waals surface area contributed by atoms with Gasteiger partial charge in [-0.2, -0.15) is 0 Å². The number of halogens is 1. The number of carbonyl (C=O) groups excluding carboxylic acids is 1. The first kappa shape index (κ1) is 33.3. The first-order valence-electron chi connectivity index (χ1n) is 16.6. The molecular weight excluding hydrogens is 624 g/mol. The smallest absolute Gasteiger partial charge is 0.264 e.